The van der Waals surface area contributed by atoms with Gasteiger partial charge < -0.3 is 5.32 Å². The number of anilines is 1. The number of aryl methyl sites for hydroxylation is 1. The maximum atomic E-state index is 4.45. The average molecular weight is 279 g/mol. The van der Waals surface area contributed by atoms with Crippen molar-refractivity contribution in [2.75, 3.05) is 5.32 Å². The first kappa shape index (κ1) is 11.4. The van der Waals surface area contributed by atoms with Crippen LogP contribution in [-0.4, -0.2) is 11.0 Å². The fraction of sp³-hybridized carbons (Fsp3) is 0.308. The molecule has 0 unspecified atom stereocenters. The van der Waals surface area contributed by atoms with Crippen LogP contribution in [0.4, 0.5) is 5.82 Å². The molecule has 2 nitrogen and oxygen atoms in total. The van der Waals surface area contributed by atoms with E-state index in [-0.39, 0.29) is 0 Å². The highest BCUT2D eigenvalue weighted by atomic mass is 79.9. The Hall–Kier alpha value is -1.09. The minimum atomic E-state index is 0.386. The second kappa shape index (κ2) is 4.42. The maximum absolute atomic E-state index is 4.45. The van der Waals surface area contributed by atoms with E-state index < -0.39 is 0 Å². The summed E-state index contributed by atoms with van der Waals surface area (Å²) in [5, 5.41) is 5.79. The van der Waals surface area contributed by atoms with Crippen molar-refractivity contribution in [3.63, 3.8) is 0 Å². The molecule has 84 valence electrons. The number of fused-ring (bicyclic) bond motifs is 1. The predicted octanol–water partition coefficient (Wildman–Crippen LogP) is 4.13. The number of halogens is 1. The Kier molecular flexibility index (Phi) is 3.15. The van der Waals surface area contributed by atoms with Gasteiger partial charge in [-0.1, -0.05) is 18.2 Å². The summed E-state index contributed by atoms with van der Waals surface area (Å²) in [4.78, 5) is 4.45. The molecule has 0 atom stereocenters. The summed E-state index contributed by atoms with van der Waals surface area (Å²) < 4.78 is 1.04. The zero-order valence-electron chi connectivity index (χ0n) is 9.71. The van der Waals surface area contributed by atoms with Gasteiger partial charge in [0.1, 0.15) is 5.82 Å². The lowest BCUT2D eigenvalue weighted by molar-refractivity contribution is 0.892. The highest BCUT2D eigenvalue weighted by Crippen LogP contribution is 2.30. The van der Waals surface area contributed by atoms with E-state index in [9.17, 15) is 0 Å². The molecule has 1 N–H and O–H groups in total. The molecule has 1 heterocycles. The molecule has 0 aliphatic rings. The van der Waals surface area contributed by atoms with Gasteiger partial charge in [0, 0.05) is 27.5 Å². The van der Waals surface area contributed by atoms with Crippen LogP contribution in [0.2, 0.25) is 0 Å². The largest absolute Gasteiger partial charge is 0.367 e. The van der Waals surface area contributed by atoms with Crippen LogP contribution in [0.1, 0.15) is 19.4 Å². The van der Waals surface area contributed by atoms with Gasteiger partial charge in [0.25, 0.3) is 0 Å². The lowest BCUT2D eigenvalue weighted by Gasteiger charge is -2.14. The fourth-order valence-corrected chi connectivity index (χ4v) is 2.25. The molecule has 2 rings (SSSR count). The standard InChI is InChI=1S/C13H15BrN2/c1-8(2)16-13-12-9(3)5-4-6-10(12)11(14)7-15-13/h4-8H,1-3H3,(H,15,16). The number of hydrogen-bond acceptors (Lipinski definition) is 2. The first-order valence-corrected chi connectivity index (χ1v) is 6.19. The molecule has 0 saturated carbocycles. The molecule has 3 heteroatoms. The molecule has 0 radical (unpaired) electrons. The highest BCUT2D eigenvalue weighted by molar-refractivity contribution is 9.10. The molecule has 1 aromatic heterocycles. The number of rotatable bonds is 2. The molecular weight excluding hydrogens is 264 g/mol. The summed E-state index contributed by atoms with van der Waals surface area (Å²) in [6, 6.07) is 6.68. The first-order chi connectivity index (χ1) is 7.59. The molecule has 2 aromatic rings. The molecule has 0 aliphatic carbocycles. The second-order valence-electron chi connectivity index (χ2n) is 4.25. The van der Waals surface area contributed by atoms with Gasteiger partial charge in [-0.05, 0) is 42.3 Å². The van der Waals surface area contributed by atoms with Gasteiger partial charge in [-0.15, -0.1) is 0 Å². The van der Waals surface area contributed by atoms with Crippen LogP contribution >= 0.6 is 15.9 Å². The smallest absolute Gasteiger partial charge is 0.134 e. The van der Waals surface area contributed by atoms with Crippen LogP contribution in [0.3, 0.4) is 0 Å². The Bertz CT molecular complexity index is 521. The summed E-state index contributed by atoms with van der Waals surface area (Å²) in [5.74, 6) is 0.964. The number of nitrogens with one attached hydrogen (secondary N) is 1. The van der Waals surface area contributed by atoms with Crippen LogP contribution in [0.15, 0.2) is 28.9 Å². The van der Waals surface area contributed by atoms with Gasteiger partial charge in [-0.3, -0.25) is 0 Å². The number of benzene rings is 1. The van der Waals surface area contributed by atoms with Crippen LogP contribution in [0.5, 0.6) is 0 Å². The van der Waals surface area contributed by atoms with E-state index in [1.165, 1.54) is 16.3 Å². The number of nitrogens with zero attached hydrogens (tertiary/aromatic N) is 1. The number of pyridine rings is 1. The fourth-order valence-electron chi connectivity index (χ4n) is 1.82. The Morgan fingerprint density at radius 2 is 2.06 bits per heavy atom. The van der Waals surface area contributed by atoms with Gasteiger partial charge in [-0.25, -0.2) is 4.98 Å². The number of aromatic nitrogens is 1. The van der Waals surface area contributed by atoms with E-state index in [1.807, 2.05) is 6.20 Å². The first-order valence-electron chi connectivity index (χ1n) is 5.40. The normalized spacial score (nSPS) is 11.1. The van der Waals surface area contributed by atoms with E-state index >= 15 is 0 Å². The van der Waals surface area contributed by atoms with Gasteiger partial charge in [0.15, 0.2) is 0 Å². The Labute approximate surface area is 104 Å². The quantitative estimate of drug-likeness (QED) is 0.894. The minimum absolute atomic E-state index is 0.386. The average Bonchev–Trinajstić information content (AvgIpc) is 2.22. The van der Waals surface area contributed by atoms with Crippen molar-refractivity contribution in [3.8, 4) is 0 Å². The predicted molar refractivity (Wildman–Crippen MR) is 72.9 cm³/mol. The van der Waals surface area contributed by atoms with Gasteiger partial charge in [0.05, 0.1) is 0 Å². The topological polar surface area (TPSA) is 24.9 Å². The summed E-state index contributed by atoms with van der Waals surface area (Å²) in [6.45, 7) is 6.35. The minimum Gasteiger partial charge on any atom is -0.367 e. The van der Waals surface area contributed by atoms with Crippen molar-refractivity contribution in [2.24, 2.45) is 0 Å². The zero-order chi connectivity index (χ0) is 11.7. The van der Waals surface area contributed by atoms with E-state index in [1.54, 1.807) is 0 Å². The second-order valence-corrected chi connectivity index (χ2v) is 5.11. The highest BCUT2D eigenvalue weighted by Gasteiger charge is 2.08. The molecule has 0 bridgehead atoms. The van der Waals surface area contributed by atoms with Crippen LogP contribution in [-0.2, 0) is 0 Å². The van der Waals surface area contributed by atoms with Crippen molar-refractivity contribution in [1.82, 2.24) is 4.98 Å². The SMILES string of the molecule is Cc1cccc2c(Br)cnc(NC(C)C)c12. The van der Waals surface area contributed by atoms with Crippen LogP contribution in [0.25, 0.3) is 10.8 Å². The third kappa shape index (κ3) is 2.05. The van der Waals surface area contributed by atoms with Crippen molar-refractivity contribution in [1.29, 1.82) is 0 Å². The zero-order valence-corrected chi connectivity index (χ0v) is 11.3. The molecule has 16 heavy (non-hydrogen) atoms. The van der Waals surface area contributed by atoms with Gasteiger partial charge in [-0.2, -0.15) is 0 Å². The molecular formula is C13H15BrN2. The lowest BCUT2D eigenvalue weighted by atomic mass is 10.1. The van der Waals surface area contributed by atoms with Crippen molar-refractivity contribution in [2.45, 2.75) is 26.8 Å². The molecule has 0 aliphatic heterocycles. The van der Waals surface area contributed by atoms with Crippen molar-refractivity contribution in [3.05, 3.63) is 34.4 Å². The monoisotopic (exact) mass is 278 g/mol. The third-order valence-electron chi connectivity index (χ3n) is 2.50. The van der Waals surface area contributed by atoms with E-state index in [0.717, 1.165) is 10.3 Å². The summed E-state index contributed by atoms with van der Waals surface area (Å²) in [6.07, 6.45) is 1.85. The van der Waals surface area contributed by atoms with E-state index in [4.69, 9.17) is 0 Å². The molecule has 0 amide bonds. The Balaban J connectivity index is 2.71. The van der Waals surface area contributed by atoms with Crippen molar-refractivity contribution < 1.29 is 0 Å². The van der Waals surface area contributed by atoms with Crippen LogP contribution < -0.4 is 5.32 Å². The molecule has 0 saturated heterocycles. The lowest BCUT2D eigenvalue weighted by Crippen LogP contribution is -2.11. The maximum Gasteiger partial charge on any atom is 0.134 e. The molecule has 1 aromatic carbocycles. The third-order valence-corrected chi connectivity index (χ3v) is 3.13. The van der Waals surface area contributed by atoms with Crippen LogP contribution in [0, 0.1) is 6.92 Å². The Morgan fingerprint density at radius 3 is 2.75 bits per heavy atom. The van der Waals surface area contributed by atoms with E-state index in [2.05, 4.69) is 65.2 Å². The summed E-state index contributed by atoms with van der Waals surface area (Å²) in [5.41, 5.74) is 1.24. The molecule has 0 spiro atoms. The van der Waals surface area contributed by atoms with Crippen molar-refractivity contribution >= 4 is 32.5 Å². The summed E-state index contributed by atoms with van der Waals surface area (Å²) >= 11 is 3.54. The Morgan fingerprint density at radius 1 is 1.31 bits per heavy atom. The summed E-state index contributed by atoms with van der Waals surface area (Å²) in [7, 11) is 0. The molecule has 0 fully saturated rings. The number of hydrogen-bond donors (Lipinski definition) is 1. The van der Waals surface area contributed by atoms with E-state index in [0.29, 0.717) is 6.04 Å². The van der Waals surface area contributed by atoms with Gasteiger partial charge >= 0.3 is 0 Å². The van der Waals surface area contributed by atoms with Gasteiger partial charge in [0.2, 0.25) is 0 Å².